The van der Waals surface area contributed by atoms with E-state index >= 15 is 0 Å². The van der Waals surface area contributed by atoms with Crippen LogP contribution in [-0.2, 0) is 9.53 Å². The van der Waals surface area contributed by atoms with Gasteiger partial charge in [0, 0.05) is 6.92 Å². The third-order valence-electron chi connectivity index (χ3n) is 1.89. The maximum absolute atomic E-state index is 11.1. The summed E-state index contributed by atoms with van der Waals surface area (Å²) in [4.78, 5) is 11.1. The van der Waals surface area contributed by atoms with Gasteiger partial charge >= 0.3 is 5.97 Å². The van der Waals surface area contributed by atoms with E-state index in [4.69, 9.17) is 0 Å². The predicted molar refractivity (Wildman–Crippen MR) is 45.1 cm³/mol. The molecule has 1 heterocycles. The number of thioether (sulfide) groups is 1. The predicted octanol–water partition coefficient (Wildman–Crippen LogP) is -2.66. The molecule has 0 unspecified atom stereocenters. The Bertz CT molecular complexity index is 217. The molecule has 5 heteroatoms. The molecular formula is C7H12INO2S. The molecule has 0 aromatic carbocycles. The standard InChI is InChI=1S/C7H12NO2S.HI/c1-5-8(2)6(4-11-5)7(9)10-3;/h6H,4H2,1-3H3;1H/q+1;/p-1/t6-;/m0./s1. The van der Waals surface area contributed by atoms with E-state index in [2.05, 4.69) is 4.74 Å². The van der Waals surface area contributed by atoms with Gasteiger partial charge in [-0.25, -0.2) is 9.37 Å². The van der Waals surface area contributed by atoms with Gasteiger partial charge in [0.2, 0.25) is 5.04 Å². The lowest BCUT2D eigenvalue weighted by Gasteiger charge is -2.02. The molecule has 0 fully saturated rings. The Morgan fingerprint density at radius 3 is 2.67 bits per heavy atom. The number of ether oxygens (including phenoxy) is 1. The molecule has 0 radical (unpaired) electrons. The summed E-state index contributed by atoms with van der Waals surface area (Å²) in [5.41, 5.74) is 0. The molecule has 1 atom stereocenters. The number of halogens is 1. The molecule has 1 rings (SSSR count). The average molecular weight is 301 g/mol. The van der Waals surface area contributed by atoms with Gasteiger partial charge in [-0.05, 0) is 0 Å². The Morgan fingerprint density at radius 1 is 1.75 bits per heavy atom. The van der Waals surface area contributed by atoms with E-state index in [-0.39, 0.29) is 36.0 Å². The molecule has 0 N–H and O–H groups in total. The highest BCUT2D eigenvalue weighted by Gasteiger charge is 2.35. The molecule has 1 aliphatic rings. The van der Waals surface area contributed by atoms with Gasteiger partial charge in [0.05, 0.1) is 12.9 Å². The van der Waals surface area contributed by atoms with Crippen molar-refractivity contribution in [2.24, 2.45) is 0 Å². The molecule has 1 aliphatic heterocycles. The van der Waals surface area contributed by atoms with Gasteiger partial charge in [-0.1, -0.05) is 11.8 Å². The number of carbonyl (C=O) groups excluding carboxylic acids is 1. The molecule has 3 nitrogen and oxygen atoms in total. The average Bonchev–Trinajstić information content (AvgIpc) is 2.32. The van der Waals surface area contributed by atoms with Crippen molar-refractivity contribution in [2.45, 2.75) is 13.0 Å². The SMILES string of the molecule is COC(=O)[C@@H]1CSC(C)=[N+]1C.[I-]. The van der Waals surface area contributed by atoms with E-state index in [0.29, 0.717) is 0 Å². The number of carbonyl (C=O) groups is 1. The van der Waals surface area contributed by atoms with Gasteiger partial charge in [-0.2, -0.15) is 0 Å². The van der Waals surface area contributed by atoms with Crippen LogP contribution in [0.5, 0.6) is 0 Å². The first-order valence-corrected chi connectivity index (χ1v) is 4.42. The minimum absolute atomic E-state index is 0. The van der Waals surface area contributed by atoms with Crippen molar-refractivity contribution >= 4 is 22.8 Å². The number of methoxy groups -OCH3 is 1. The van der Waals surface area contributed by atoms with Crippen molar-refractivity contribution in [2.75, 3.05) is 19.9 Å². The number of hydrogen-bond donors (Lipinski definition) is 0. The van der Waals surface area contributed by atoms with E-state index < -0.39 is 0 Å². The normalized spacial score (nSPS) is 22.1. The van der Waals surface area contributed by atoms with E-state index in [9.17, 15) is 4.79 Å². The molecule has 0 amide bonds. The van der Waals surface area contributed by atoms with Gasteiger partial charge in [0.1, 0.15) is 7.05 Å². The maximum atomic E-state index is 11.1. The van der Waals surface area contributed by atoms with Crippen molar-refractivity contribution in [1.29, 1.82) is 0 Å². The van der Waals surface area contributed by atoms with Gasteiger partial charge in [-0.15, -0.1) is 0 Å². The molecule has 0 aromatic heterocycles. The van der Waals surface area contributed by atoms with E-state index in [1.54, 1.807) is 11.8 Å². The highest BCUT2D eigenvalue weighted by atomic mass is 127. The summed E-state index contributed by atoms with van der Waals surface area (Å²) < 4.78 is 6.60. The Morgan fingerprint density at radius 2 is 2.33 bits per heavy atom. The number of nitrogens with zero attached hydrogens (tertiary/aromatic N) is 1. The first kappa shape index (κ1) is 12.2. The molecule has 0 aromatic rings. The third-order valence-corrected chi connectivity index (χ3v) is 3.08. The second kappa shape index (κ2) is 5.06. The van der Waals surface area contributed by atoms with Gasteiger partial charge < -0.3 is 28.7 Å². The molecule has 0 saturated carbocycles. The van der Waals surface area contributed by atoms with Crippen LogP contribution >= 0.6 is 11.8 Å². The van der Waals surface area contributed by atoms with Gasteiger partial charge in [-0.3, -0.25) is 0 Å². The van der Waals surface area contributed by atoms with Crippen molar-refractivity contribution in [3.63, 3.8) is 0 Å². The Labute approximate surface area is 93.6 Å². The summed E-state index contributed by atoms with van der Waals surface area (Å²) in [6.07, 6.45) is 0. The summed E-state index contributed by atoms with van der Waals surface area (Å²) >= 11 is 1.70. The minimum atomic E-state index is -0.142. The van der Waals surface area contributed by atoms with Crippen LogP contribution in [0.3, 0.4) is 0 Å². The zero-order valence-corrected chi connectivity index (χ0v) is 10.3. The lowest BCUT2D eigenvalue weighted by molar-refractivity contribution is -0.515. The number of hydrogen-bond acceptors (Lipinski definition) is 3. The summed E-state index contributed by atoms with van der Waals surface area (Å²) in [6.45, 7) is 2.01. The van der Waals surface area contributed by atoms with Crippen molar-refractivity contribution in [3.05, 3.63) is 0 Å². The van der Waals surface area contributed by atoms with Gasteiger partial charge in [0.25, 0.3) is 6.04 Å². The zero-order valence-electron chi connectivity index (χ0n) is 7.33. The third kappa shape index (κ3) is 2.35. The summed E-state index contributed by atoms with van der Waals surface area (Å²) in [5.74, 6) is 0.673. The molecule has 0 spiro atoms. The van der Waals surface area contributed by atoms with Gasteiger partial charge in [0.15, 0.2) is 0 Å². The fourth-order valence-electron chi connectivity index (χ4n) is 0.995. The summed E-state index contributed by atoms with van der Waals surface area (Å²) in [6, 6.07) is -0.0787. The monoisotopic (exact) mass is 301 g/mol. The highest BCUT2D eigenvalue weighted by Crippen LogP contribution is 2.16. The summed E-state index contributed by atoms with van der Waals surface area (Å²) in [7, 11) is 3.34. The zero-order chi connectivity index (χ0) is 8.43. The van der Waals surface area contributed by atoms with Crippen LogP contribution in [-0.4, -0.2) is 41.5 Å². The largest absolute Gasteiger partial charge is 1.00 e. The second-order valence-electron chi connectivity index (χ2n) is 2.48. The minimum Gasteiger partial charge on any atom is -1.00 e. The molecule has 0 aliphatic carbocycles. The van der Waals surface area contributed by atoms with Crippen LogP contribution in [0.25, 0.3) is 0 Å². The lowest BCUT2D eigenvalue weighted by Crippen LogP contribution is -3.00. The highest BCUT2D eigenvalue weighted by molar-refractivity contribution is 8.13. The number of likely N-dealkylation sites (N-methyl/N-ethyl adjacent to an activating group) is 1. The van der Waals surface area contributed by atoms with Crippen LogP contribution in [0.1, 0.15) is 6.92 Å². The molecular weight excluding hydrogens is 289 g/mol. The Hall–Kier alpha value is 0.220. The number of rotatable bonds is 1. The summed E-state index contributed by atoms with van der Waals surface area (Å²) in [5, 5.41) is 1.18. The van der Waals surface area contributed by atoms with Crippen LogP contribution < -0.4 is 24.0 Å². The van der Waals surface area contributed by atoms with Crippen molar-refractivity contribution in [1.82, 2.24) is 0 Å². The van der Waals surface area contributed by atoms with E-state index in [0.717, 1.165) is 5.75 Å². The molecule has 12 heavy (non-hydrogen) atoms. The molecule has 70 valence electrons. The van der Waals surface area contributed by atoms with Crippen LogP contribution in [0.4, 0.5) is 0 Å². The fraction of sp³-hybridized carbons (Fsp3) is 0.714. The molecule has 0 saturated heterocycles. The Kier molecular flexibility index (Phi) is 5.15. The van der Waals surface area contributed by atoms with Crippen molar-refractivity contribution < 1.29 is 38.1 Å². The first-order chi connectivity index (χ1) is 5.16. The van der Waals surface area contributed by atoms with E-state index in [1.807, 2.05) is 18.5 Å². The lowest BCUT2D eigenvalue weighted by atomic mass is 10.3. The first-order valence-electron chi connectivity index (χ1n) is 3.44. The van der Waals surface area contributed by atoms with E-state index in [1.165, 1.54) is 12.2 Å². The van der Waals surface area contributed by atoms with Crippen molar-refractivity contribution in [3.8, 4) is 0 Å². The Balaban J connectivity index is 0.00000121. The van der Waals surface area contributed by atoms with Crippen LogP contribution in [0.15, 0.2) is 0 Å². The topological polar surface area (TPSA) is 29.3 Å². The molecule has 0 bridgehead atoms. The van der Waals surface area contributed by atoms with Crippen LogP contribution in [0, 0.1) is 0 Å². The number of esters is 1. The fourth-order valence-corrected chi connectivity index (χ4v) is 2.08. The smallest absolute Gasteiger partial charge is 0.376 e. The van der Waals surface area contributed by atoms with Crippen LogP contribution in [0.2, 0.25) is 0 Å². The second-order valence-corrected chi connectivity index (χ2v) is 3.69. The quantitative estimate of drug-likeness (QED) is 0.301. The maximum Gasteiger partial charge on any atom is 0.376 e.